The lowest BCUT2D eigenvalue weighted by molar-refractivity contribution is -0.117. The van der Waals surface area contributed by atoms with Crippen molar-refractivity contribution in [3.63, 3.8) is 0 Å². The third-order valence-corrected chi connectivity index (χ3v) is 9.62. The lowest BCUT2D eigenvalue weighted by atomic mass is 9.52. The molecule has 1 amide bonds. The Morgan fingerprint density at radius 2 is 2.06 bits per heavy atom. The van der Waals surface area contributed by atoms with Crippen LogP contribution in [0.5, 0.6) is 11.5 Å². The minimum absolute atomic E-state index is 0.0224. The van der Waals surface area contributed by atoms with Crippen LogP contribution in [0.2, 0.25) is 0 Å². The van der Waals surface area contributed by atoms with Gasteiger partial charge in [0.2, 0.25) is 5.91 Å². The maximum absolute atomic E-state index is 12.2. The third kappa shape index (κ3) is 3.01. The summed E-state index contributed by atoms with van der Waals surface area (Å²) in [5, 5.41) is 10.8. The molecular formula is C23H31NO6S. The smallest absolute Gasteiger partial charge is 0.409 e. The summed E-state index contributed by atoms with van der Waals surface area (Å²) in [6, 6.07) is 3.73. The molecule has 5 rings (SSSR count). The van der Waals surface area contributed by atoms with Gasteiger partial charge >= 0.3 is 10.3 Å². The monoisotopic (exact) mass is 449 g/mol. The molecule has 2 N–H and O–H groups in total. The van der Waals surface area contributed by atoms with E-state index < -0.39 is 16.2 Å². The number of amides is 1. The topological polar surface area (TPSA) is 102 Å². The zero-order chi connectivity index (χ0) is 22.2. The predicted molar refractivity (Wildman–Crippen MR) is 114 cm³/mol. The van der Waals surface area contributed by atoms with Crippen molar-refractivity contribution < 1.29 is 27.2 Å². The van der Waals surface area contributed by atoms with E-state index in [4.69, 9.17) is 8.92 Å². The standard InChI is InChI=1S/C23H31NO6S/c1-4-29-19-11-17-14(9-20(19)30-31(27,28)24-13(2)25)5-6-18-16(17)7-8-22(3)21(26)10-15-12-23(15,18)22/h9,11,15-16,18,21,26H,4-8,10,12H2,1-3H3,(H,24,25)/t15-,16-,18-,21+,22-,23+/m1/s1. The first-order chi connectivity index (χ1) is 14.6. The van der Waals surface area contributed by atoms with Crippen LogP contribution in [0.1, 0.15) is 69.9 Å². The molecule has 170 valence electrons. The number of fused-ring (bicyclic) bond motifs is 3. The highest BCUT2D eigenvalue weighted by Crippen LogP contribution is 2.81. The van der Waals surface area contributed by atoms with Gasteiger partial charge in [-0.05, 0) is 97.3 Å². The number of carbonyl (C=O) groups excluding carboxylic acids is 1. The van der Waals surface area contributed by atoms with Gasteiger partial charge in [-0.2, -0.15) is 8.42 Å². The molecule has 1 spiro atoms. The Kier molecular flexibility index (Phi) is 4.65. The molecule has 4 aliphatic rings. The zero-order valence-corrected chi connectivity index (χ0v) is 19.1. The molecule has 0 bridgehead atoms. The molecular weight excluding hydrogens is 418 g/mol. The number of nitrogens with one attached hydrogen (secondary N) is 1. The molecule has 0 radical (unpaired) electrons. The molecule has 0 heterocycles. The number of rotatable bonds is 5. The van der Waals surface area contributed by atoms with Crippen LogP contribution < -0.4 is 13.6 Å². The Morgan fingerprint density at radius 3 is 2.77 bits per heavy atom. The quantitative estimate of drug-likeness (QED) is 0.716. The largest absolute Gasteiger partial charge is 0.490 e. The van der Waals surface area contributed by atoms with E-state index in [1.54, 1.807) is 6.07 Å². The van der Waals surface area contributed by atoms with Gasteiger partial charge in [0.1, 0.15) is 0 Å². The Balaban J connectivity index is 1.50. The molecule has 0 aromatic heterocycles. The highest BCUT2D eigenvalue weighted by molar-refractivity contribution is 7.85. The highest BCUT2D eigenvalue weighted by atomic mass is 32.2. The first kappa shape index (κ1) is 21.1. The number of aliphatic hydroxyl groups is 1. The summed E-state index contributed by atoms with van der Waals surface area (Å²) in [5.74, 6) is 1.38. The van der Waals surface area contributed by atoms with Crippen LogP contribution in [0.15, 0.2) is 12.1 Å². The summed E-state index contributed by atoms with van der Waals surface area (Å²) < 4.78 is 37.1. The van der Waals surface area contributed by atoms with Crippen LogP contribution >= 0.6 is 0 Å². The van der Waals surface area contributed by atoms with Crippen molar-refractivity contribution in [2.75, 3.05) is 6.61 Å². The molecule has 6 atom stereocenters. The van der Waals surface area contributed by atoms with Crippen LogP contribution in [0.3, 0.4) is 0 Å². The SMILES string of the molecule is CCOc1cc2c(cc1OS(=O)(=O)NC(C)=O)CC[C@@H]1[C@@H]2CC[C@]2(C)[C@@H](O)C[C@@H]3C[C@]312. The molecule has 1 aromatic carbocycles. The van der Waals surface area contributed by atoms with Gasteiger partial charge in [0.25, 0.3) is 0 Å². The maximum Gasteiger partial charge on any atom is 0.409 e. The van der Waals surface area contributed by atoms with E-state index in [0.717, 1.165) is 44.6 Å². The fraction of sp³-hybridized carbons (Fsp3) is 0.696. The number of aliphatic hydroxyl groups excluding tert-OH is 1. The molecule has 8 heteroatoms. The second kappa shape index (κ2) is 6.85. The van der Waals surface area contributed by atoms with Gasteiger partial charge in [-0.15, -0.1) is 0 Å². The van der Waals surface area contributed by atoms with E-state index >= 15 is 0 Å². The Morgan fingerprint density at radius 1 is 1.29 bits per heavy atom. The number of ether oxygens (including phenoxy) is 1. The van der Waals surface area contributed by atoms with Crippen LogP contribution in [-0.4, -0.2) is 32.1 Å². The van der Waals surface area contributed by atoms with Crippen molar-refractivity contribution >= 4 is 16.2 Å². The van der Waals surface area contributed by atoms with E-state index in [9.17, 15) is 18.3 Å². The molecule has 31 heavy (non-hydrogen) atoms. The summed E-state index contributed by atoms with van der Waals surface area (Å²) in [4.78, 5) is 11.2. The second-order valence-corrected chi connectivity index (χ2v) is 11.3. The number of aryl methyl sites for hydroxylation is 1. The fourth-order valence-corrected chi connectivity index (χ4v) is 8.20. The van der Waals surface area contributed by atoms with Crippen molar-refractivity contribution in [2.45, 2.75) is 71.3 Å². The minimum atomic E-state index is -4.26. The highest BCUT2D eigenvalue weighted by Gasteiger charge is 2.76. The molecule has 3 saturated carbocycles. The Hall–Kier alpha value is -1.80. The number of hydrogen-bond donors (Lipinski definition) is 2. The predicted octanol–water partition coefficient (Wildman–Crippen LogP) is 3.06. The normalized spacial score (nSPS) is 37.7. The number of benzene rings is 1. The van der Waals surface area contributed by atoms with Gasteiger partial charge in [0, 0.05) is 6.92 Å². The van der Waals surface area contributed by atoms with Gasteiger partial charge in [0.05, 0.1) is 12.7 Å². The van der Waals surface area contributed by atoms with Crippen molar-refractivity contribution in [1.82, 2.24) is 4.72 Å². The summed E-state index contributed by atoms with van der Waals surface area (Å²) in [6.07, 6.45) is 5.90. The summed E-state index contributed by atoms with van der Waals surface area (Å²) >= 11 is 0. The van der Waals surface area contributed by atoms with E-state index in [2.05, 4.69) is 6.92 Å². The molecule has 1 aromatic rings. The van der Waals surface area contributed by atoms with Gasteiger partial charge in [-0.3, -0.25) is 4.79 Å². The van der Waals surface area contributed by atoms with Crippen molar-refractivity contribution in [3.05, 3.63) is 23.3 Å². The van der Waals surface area contributed by atoms with Crippen molar-refractivity contribution in [3.8, 4) is 11.5 Å². The molecule has 3 fully saturated rings. The summed E-state index contributed by atoms with van der Waals surface area (Å²) in [6.45, 7) is 5.64. The molecule has 0 saturated heterocycles. The minimum Gasteiger partial charge on any atom is -0.490 e. The van der Waals surface area contributed by atoms with Gasteiger partial charge in [-0.25, -0.2) is 4.72 Å². The van der Waals surface area contributed by atoms with Crippen LogP contribution in [0.25, 0.3) is 0 Å². The Labute approximate surface area is 183 Å². The average Bonchev–Trinajstić information content (AvgIpc) is 3.33. The maximum atomic E-state index is 12.2. The van der Waals surface area contributed by atoms with Crippen LogP contribution in [-0.2, 0) is 21.5 Å². The Bertz CT molecular complexity index is 1040. The second-order valence-electron chi connectivity index (χ2n) is 10.0. The molecule has 0 unspecified atom stereocenters. The molecule has 7 nitrogen and oxygen atoms in total. The van der Waals surface area contributed by atoms with Crippen molar-refractivity contribution in [1.29, 1.82) is 0 Å². The summed E-state index contributed by atoms with van der Waals surface area (Å²) in [7, 11) is -4.26. The van der Waals surface area contributed by atoms with E-state index in [0.29, 0.717) is 30.1 Å². The van der Waals surface area contributed by atoms with Crippen LogP contribution in [0.4, 0.5) is 0 Å². The van der Waals surface area contributed by atoms with E-state index in [1.165, 1.54) is 12.0 Å². The lowest BCUT2D eigenvalue weighted by Crippen LogP contribution is -2.47. The summed E-state index contributed by atoms with van der Waals surface area (Å²) in [5.41, 5.74) is 2.60. The first-order valence-electron chi connectivity index (χ1n) is 11.3. The first-order valence-corrected chi connectivity index (χ1v) is 12.7. The van der Waals surface area contributed by atoms with Crippen LogP contribution in [0, 0.1) is 22.7 Å². The van der Waals surface area contributed by atoms with Crippen molar-refractivity contribution in [2.24, 2.45) is 22.7 Å². The fourth-order valence-electron chi connectivity index (χ4n) is 7.44. The van der Waals surface area contributed by atoms with Gasteiger partial charge in [-0.1, -0.05) is 6.92 Å². The zero-order valence-electron chi connectivity index (χ0n) is 18.3. The number of carbonyl (C=O) groups is 1. The van der Waals surface area contributed by atoms with E-state index in [1.807, 2.05) is 17.7 Å². The van der Waals surface area contributed by atoms with E-state index in [-0.39, 0.29) is 22.7 Å². The molecule has 0 aliphatic heterocycles. The van der Waals surface area contributed by atoms with Gasteiger partial charge < -0.3 is 14.0 Å². The molecule has 4 aliphatic carbocycles. The lowest BCUT2D eigenvalue weighted by Gasteiger charge is -2.52. The van der Waals surface area contributed by atoms with Gasteiger partial charge in [0.15, 0.2) is 11.5 Å². The third-order valence-electron chi connectivity index (χ3n) is 8.68. The average molecular weight is 450 g/mol. The number of hydrogen-bond acceptors (Lipinski definition) is 6.